The van der Waals surface area contributed by atoms with Gasteiger partial charge >= 0.3 is 11.9 Å². The minimum atomic E-state index is -0.276. The van der Waals surface area contributed by atoms with Gasteiger partial charge in [-0.15, -0.1) is 25.3 Å². The second kappa shape index (κ2) is 12.5. The Kier molecular flexibility index (Phi) is 9.99. The van der Waals surface area contributed by atoms with Crippen molar-refractivity contribution in [2.45, 2.75) is 13.8 Å². The lowest BCUT2D eigenvalue weighted by Gasteiger charge is -2.20. The maximum atomic E-state index is 10.9. The van der Waals surface area contributed by atoms with Crippen LogP contribution in [0.3, 0.4) is 0 Å². The Balaban J connectivity index is 2.04. The molecule has 0 unspecified atom stereocenters. The SMILES string of the molecule is CC(=O)OCCN(C)c1ccc(/C(S)=C(/S)c2ccc(N(C)CCOC(C)=O)cc2)cc1. The molecular weight excluding hydrogens is 444 g/mol. The Morgan fingerprint density at radius 2 is 1.00 bits per heavy atom. The highest BCUT2D eigenvalue weighted by Crippen LogP contribution is 2.33. The largest absolute Gasteiger partial charge is 0.464 e. The molecule has 0 fully saturated rings. The van der Waals surface area contributed by atoms with Crippen LogP contribution in [0.15, 0.2) is 48.5 Å². The predicted molar refractivity (Wildman–Crippen MR) is 137 cm³/mol. The summed E-state index contributed by atoms with van der Waals surface area (Å²) < 4.78 is 9.99. The van der Waals surface area contributed by atoms with Crippen LogP contribution >= 0.6 is 25.3 Å². The number of rotatable bonds is 10. The number of carbonyl (C=O) groups is 2. The molecule has 0 radical (unpaired) electrons. The Morgan fingerprint density at radius 1 is 0.688 bits per heavy atom. The van der Waals surface area contributed by atoms with Crippen molar-refractivity contribution in [3.05, 3.63) is 59.7 Å². The third kappa shape index (κ3) is 7.84. The van der Waals surface area contributed by atoms with E-state index in [0.29, 0.717) is 26.3 Å². The molecule has 8 heteroatoms. The van der Waals surface area contributed by atoms with Crippen molar-refractivity contribution in [3.8, 4) is 0 Å². The molecule has 172 valence electrons. The standard InChI is InChI=1S/C24H30N2O4S2/c1-17(27)29-15-13-25(3)21-9-5-19(6-10-21)23(31)24(32)20-7-11-22(12-8-20)26(4)14-16-30-18(2)28/h5-12,31-32H,13-16H2,1-4H3/b24-23-. The van der Waals surface area contributed by atoms with E-state index in [9.17, 15) is 9.59 Å². The highest BCUT2D eigenvalue weighted by molar-refractivity contribution is 7.96. The van der Waals surface area contributed by atoms with E-state index < -0.39 is 0 Å². The molecule has 2 aromatic rings. The molecule has 0 aliphatic carbocycles. The number of carbonyl (C=O) groups excluding carboxylic acids is 2. The number of esters is 2. The molecule has 2 rings (SSSR count). The van der Waals surface area contributed by atoms with Crippen molar-refractivity contribution < 1.29 is 19.1 Å². The highest BCUT2D eigenvalue weighted by Gasteiger charge is 2.09. The van der Waals surface area contributed by atoms with E-state index >= 15 is 0 Å². The minimum absolute atomic E-state index is 0.276. The lowest BCUT2D eigenvalue weighted by Crippen LogP contribution is -2.23. The molecule has 0 N–H and O–H groups in total. The molecule has 0 aliphatic heterocycles. The van der Waals surface area contributed by atoms with E-state index in [1.165, 1.54) is 13.8 Å². The average molecular weight is 475 g/mol. The van der Waals surface area contributed by atoms with E-state index in [0.717, 1.165) is 32.3 Å². The van der Waals surface area contributed by atoms with Gasteiger partial charge in [0.2, 0.25) is 0 Å². The number of thiol groups is 2. The molecule has 0 aromatic heterocycles. The van der Waals surface area contributed by atoms with Crippen molar-refractivity contribution in [2.75, 3.05) is 50.2 Å². The number of likely N-dealkylation sites (N-methyl/N-ethyl adjacent to an activating group) is 2. The maximum Gasteiger partial charge on any atom is 0.302 e. The minimum Gasteiger partial charge on any atom is -0.464 e. The topological polar surface area (TPSA) is 59.1 Å². The number of hydrogen-bond acceptors (Lipinski definition) is 8. The molecular formula is C24H30N2O4S2. The molecule has 0 saturated heterocycles. The van der Waals surface area contributed by atoms with E-state index in [-0.39, 0.29) is 11.9 Å². The van der Waals surface area contributed by atoms with Gasteiger partial charge in [-0.1, -0.05) is 24.3 Å². The van der Waals surface area contributed by atoms with E-state index in [1.807, 2.05) is 72.4 Å². The zero-order valence-corrected chi connectivity index (χ0v) is 20.7. The van der Waals surface area contributed by atoms with Gasteiger partial charge in [-0.05, 0) is 35.4 Å². The molecule has 0 saturated carbocycles. The summed E-state index contributed by atoms with van der Waals surface area (Å²) in [5, 5.41) is 0. The van der Waals surface area contributed by atoms with Crippen LogP contribution in [0, 0.1) is 0 Å². The fourth-order valence-corrected chi connectivity index (χ4v) is 3.49. The number of benzene rings is 2. The first-order valence-corrected chi connectivity index (χ1v) is 11.1. The number of anilines is 2. The van der Waals surface area contributed by atoms with Crippen LogP contribution in [-0.4, -0.2) is 52.3 Å². The summed E-state index contributed by atoms with van der Waals surface area (Å²) >= 11 is 9.39. The van der Waals surface area contributed by atoms with Gasteiger partial charge in [-0.2, -0.15) is 0 Å². The lowest BCUT2D eigenvalue weighted by atomic mass is 10.1. The van der Waals surface area contributed by atoms with Gasteiger partial charge in [0.25, 0.3) is 0 Å². The van der Waals surface area contributed by atoms with Crippen LogP contribution in [0.2, 0.25) is 0 Å². The number of nitrogens with zero attached hydrogens (tertiary/aromatic N) is 2. The van der Waals surface area contributed by atoms with E-state index in [2.05, 4.69) is 0 Å². The van der Waals surface area contributed by atoms with Crippen molar-refractivity contribution in [1.29, 1.82) is 0 Å². The summed E-state index contributed by atoms with van der Waals surface area (Å²) in [6.07, 6.45) is 0. The fourth-order valence-electron chi connectivity index (χ4n) is 2.93. The highest BCUT2D eigenvalue weighted by atomic mass is 32.1. The van der Waals surface area contributed by atoms with Crippen molar-refractivity contribution in [1.82, 2.24) is 0 Å². The third-order valence-electron chi connectivity index (χ3n) is 4.85. The summed E-state index contributed by atoms with van der Waals surface area (Å²) in [4.78, 5) is 27.4. The Morgan fingerprint density at radius 3 is 1.28 bits per heavy atom. The maximum absolute atomic E-state index is 10.9. The third-order valence-corrected chi connectivity index (χ3v) is 5.99. The first-order chi connectivity index (χ1) is 15.2. The molecule has 0 atom stereocenters. The quantitative estimate of drug-likeness (QED) is 0.303. The zero-order chi connectivity index (χ0) is 23.7. The summed E-state index contributed by atoms with van der Waals surface area (Å²) in [5.74, 6) is -0.553. The van der Waals surface area contributed by atoms with Crippen molar-refractivity contribution in [3.63, 3.8) is 0 Å². The molecule has 0 amide bonds. The van der Waals surface area contributed by atoms with Gasteiger partial charge in [0.05, 0.1) is 13.1 Å². The average Bonchev–Trinajstić information content (AvgIpc) is 2.77. The molecule has 32 heavy (non-hydrogen) atoms. The second-order valence-corrected chi connectivity index (χ2v) is 8.21. The molecule has 0 heterocycles. The van der Waals surface area contributed by atoms with Gasteiger partial charge in [-0.3, -0.25) is 9.59 Å². The van der Waals surface area contributed by atoms with E-state index in [1.54, 1.807) is 0 Å². The van der Waals surface area contributed by atoms with Crippen LogP contribution in [0.1, 0.15) is 25.0 Å². The Labute approximate surface area is 201 Å². The Hall–Kier alpha value is -2.58. The summed E-state index contributed by atoms with van der Waals surface area (Å²) in [6, 6.07) is 16.0. The van der Waals surface area contributed by atoms with Crippen LogP contribution in [0.4, 0.5) is 11.4 Å². The van der Waals surface area contributed by atoms with Crippen molar-refractivity contribution in [2.24, 2.45) is 0 Å². The number of ether oxygens (including phenoxy) is 2. The van der Waals surface area contributed by atoms with Gasteiger partial charge in [-0.25, -0.2) is 0 Å². The zero-order valence-electron chi connectivity index (χ0n) is 18.9. The Bertz CT molecular complexity index is 866. The molecule has 0 aliphatic rings. The summed E-state index contributed by atoms with van der Waals surface area (Å²) in [7, 11) is 3.90. The first kappa shape index (κ1) is 25.7. The van der Waals surface area contributed by atoms with Gasteiger partial charge in [0.15, 0.2) is 0 Å². The molecule has 0 bridgehead atoms. The molecule has 6 nitrogen and oxygen atoms in total. The summed E-state index contributed by atoms with van der Waals surface area (Å²) in [5.41, 5.74) is 3.95. The van der Waals surface area contributed by atoms with Crippen LogP contribution in [-0.2, 0) is 19.1 Å². The van der Waals surface area contributed by atoms with Gasteiger partial charge in [0, 0.05) is 49.1 Å². The second-order valence-electron chi connectivity index (χ2n) is 7.31. The van der Waals surface area contributed by atoms with Crippen LogP contribution in [0.5, 0.6) is 0 Å². The molecule has 2 aromatic carbocycles. The fraction of sp³-hybridized carbons (Fsp3) is 0.333. The van der Waals surface area contributed by atoms with Gasteiger partial charge in [0.1, 0.15) is 13.2 Å². The number of hydrogen-bond donors (Lipinski definition) is 2. The van der Waals surface area contributed by atoms with Gasteiger partial charge < -0.3 is 19.3 Å². The lowest BCUT2D eigenvalue weighted by molar-refractivity contribution is -0.141. The smallest absolute Gasteiger partial charge is 0.302 e. The van der Waals surface area contributed by atoms with Crippen LogP contribution < -0.4 is 9.80 Å². The summed E-state index contributed by atoms with van der Waals surface area (Å²) in [6.45, 7) is 4.73. The van der Waals surface area contributed by atoms with Crippen molar-refractivity contribution >= 4 is 58.4 Å². The van der Waals surface area contributed by atoms with Crippen LogP contribution in [0.25, 0.3) is 9.81 Å². The first-order valence-electron chi connectivity index (χ1n) is 10.2. The predicted octanol–water partition coefficient (Wildman–Crippen LogP) is 4.37. The monoisotopic (exact) mass is 474 g/mol. The van der Waals surface area contributed by atoms with E-state index in [4.69, 9.17) is 34.7 Å². The normalized spacial score (nSPS) is 11.4. The molecule has 0 spiro atoms.